The summed E-state index contributed by atoms with van der Waals surface area (Å²) in [5, 5.41) is 2.68. The minimum atomic E-state index is -0.417. The van der Waals surface area contributed by atoms with Gasteiger partial charge < -0.3 is 14.8 Å². The molecule has 25 heavy (non-hydrogen) atoms. The van der Waals surface area contributed by atoms with Crippen LogP contribution in [-0.2, 0) is 4.79 Å². The van der Waals surface area contributed by atoms with Crippen molar-refractivity contribution in [3.8, 4) is 11.5 Å². The van der Waals surface area contributed by atoms with Crippen LogP contribution < -0.4 is 14.8 Å². The van der Waals surface area contributed by atoms with Gasteiger partial charge in [0, 0.05) is 12.0 Å². The number of ketones is 1. The summed E-state index contributed by atoms with van der Waals surface area (Å²) < 4.78 is 24.6. The number of rotatable bonds is 5. The fourth-order valence-electron chi connectivity index (χ4n) is 3.02. The van der Waals surface area contributed by atoms with Gasteiger partial charge in [0.1, 0.15) is 17.3 Å². The van der Waals surface area contributed by atoms with Crippen LogP contribution in [0, 0.1) is 5.82 Å². The van der Waals surface area contributed by atoms with Crippen LogP contribution in [0.4, 0.5) is 10.1 Å². The fraction of sp³-hybridized carbons (Fsp3) is 0.263. The average molecular weight is 343 g/mol. The lowest BCUT2D eigenvalue weighted by molar-refractivity contribution is -0.118. The van der Waals surface area contributed by atoms with Crippen LogP contribution in [-0.4, -0.2) is 25.4 Å². The Kier molecular flexibility index (Phi) is 4.70. The molecule has 0 fully saturated rings. The largest absolute Gasteiger partial charge is 0.495 e. The molecule has 1 amide bonds. The molecule has 1 aliphatic carbocycles. The molecule has 6 heteroatoms. The van der Waals surface area contributed by atoms with Crippen molar-refractivity contribution in [3.63, 3.8) is 0 Å². The van der Waals surface area contributed by atoms with E-state index in [-0.39, 0.29) is 36.0 Å². The summed E-state index contributed by atoms with van der Waals surface area (Å²) in [4.78, 5) is 24.2. The first kappa shape index (κ1) is 17.0. The first-order valence-electron chi connectivity index (χ1n) is 7.92. The number of para-hydroxylation sites is 2. The third kappa shape index (κ3) is 3.33. The van der Waals surface area contributed by atoms with Gasteiger partial charge in [-0.15, -0.1) is 0 Å². The first-order valence-corrected chi connectivity index (χ1v) is 7.92. The number of nitrogens with one attached hydrogen (secondary N) is 1. The predicted molar refractivity (Wildman–Crippen MR) is 90.9 cm³/mol. The monoisotopic (exact) mass is 343 g/mol. The van der Waals surface area contributed by atoms with Crippen molar-refractivity contribution in [3.05, 3.63) is 53.3 Å². The lowest BCUT2D eigenvalue weighted by Gasteiger charge is -2.13. The highest BCUT2D eigenvalue weighted by Gasteiger charge is 2.32. The highest BCUT2D eigenvalue weighted by atomic mass is 19.1. The Morgan fingerprint density at radius 2 is 2.00 bits per heavy atom. The van der Waals surface area contributed by atoms with E-state index in [2.05, 4.69) is 5.32 Å². The third-order valence-corrected chi connectivity index (χ3v) is 4.16. The van der Waals surface area contributed by atoms with E-state index in [4.69, 9.17) is 9.47 Å². The molecule has 5 nitrogen and oxygen atoms in total. The number of benzene rings is 2. The van der Waals surface area contributed by atoms with E-state index in [9.17, 15) is 14.0 Å². The maximum atomic E-state index is 14.0. The summed E-state index contributed by atoms with van der Waals surface area (Å²) in [6.45, 7) is 1.50. The number of carbonyl (C=O) groups is 2. The van der Waals surface area contributed by atoms with Crippen molar-refractivity contribution in [2.45, 2.75) is 19.3 Å². The van der Waals surface area contributed by atoms with Crippen LogP contribution in [0.1, 0.15) is 35.2 Å². The van der Waals surface area contributed by atoms with Crippen molar-refractivity contribution in [1.29, 1.82) is 0 Å². The number of anilines is 1. The van der Waals surface area contributed by atoms with Gasteiger partial charge in [-0.1, -0.05) is 19.1 Å². The SMILES string of the molecule is COc1ccccc1NC(=O)COc1ccc(F)c2c1C(=O)C[C@@H]2C. The second-order valence-corrected chi connectivity index (χ2v) is 5.90. The number of Topliss-reactive ketones (excluding diaryl/α,β-unsaturated/α-hetero) is 1. The molecule has 0 unspecified atom stereocenters. The predicted octanol–water partition coefficient (Wildman–Crippen LogP) is 3.54. The summed E-state index contributed by atoms with van der Waals surface area (Å²) in [5.74, 6) is -0.403. The normalized spacial score (nSPS) is 15.6. The summed E-state index contributed by atoms with van der Waals surface area (Å²) >= 11 is 0. The van der Waals surface area contributed by atoms with Gasteiger partial charge in [0.05, 0.1) is 18.4 Å². The topological polar surface area (TPSA) is 64.6 Å². The van der Waals surface area contributed by atoms with Crippen molar-refractivity contribution in [2.75, 3.05) is 19.0 Å². The minimum Gasteiger partial charge on any atom is -0.495 e. The van der Waals surface area contributed by atoms with Crippen LogP contribution in [0.5, 0.6) is 11.5 Å². The summed E-state index contributed by atoms with van der Waals surface area (Å²) in [7, 11) is 1.51. The second kappa shape index (κ2) is 6.93. The van der Waals surface area contributed by atoms with Crippen LogP contribution in [0.3, 0.4) is 0 Å². The van der Waals surface area contributed by atoms with Crippen molar-refractivity contribution in [2.24, 2.45) is 0 Å². The van der Waals surface area contributed by atoms with E-state index in [1.54, 1.807) is 31.2 Å². The van der Waals surface area contributed by atoms with Crippen molar-refractivity contribution in [1.82, 2.24) is 0 Å². The van der Waals surface area contributed by atoms with E-state index in [0.717, 1.165) is 0 Å². The van der Waals surface area contributed by atoms with Gasteiger partial charge in [0.15, 0.2) is 12.4 Å². The summed E-state index contributed by atoms with van der Waals surface area (Å²) in [5.41, 5.74) is 1.14. The molecule has 130 valence electrons. The van der Waals surface area contributed by atoms with Crippen LogP contribution in [0.15, 0.2) is 36.4 Å². The van der Waals surface area contributed by atoms with E-state index < -0.39 is 11.7 Å². The maximum Gasteiger partial charge on any atom is 0.262 e. The van der Waals surface area contributed by atoms with E-state index in [0.29, 0.717) is 17.0 Å². The fourth-order valence-corrected chi connectivity index (χ4v) is 3.02. The number of ether oxygens (including phenoxy) is 2. The molecule has 0 saturated carbocycles. The van der Waals surface area contributed by atoms with Gasteiger partial charge in [-0.05, 0) is 30.2 Å². The first-order chi connectivity index (χ1) is 12.0. The van der Waals surface area contributed by atoms with Crippen LogP contribution in [0.25, 0.3) is 0 Å². The Hall–Kier alpha value is -2.89. The van der Waals surface area contributed by atoms with Gasteiger partial charge >= 0.3 is 0 Å². The van der Waals surface area contributed by atoms with Crippen LogP contribution in [0.2, 0.25) is 0 Å². The molecular weight excluding hydrogens is 325 g/mol. The zero-order valence-corrected chi connectivity index (χ0v) is 14.0. The lowest BCUT2D eigenvalue weighted by atomic mass is 10.0. The highest BCUT2D eigenvalue weighted by molar-refractivity contribution is 6.04. The molecule has 1 aliphatic rings. The average Bonchev–Trinajstić information content (AvgIpc) is 2.90. The summed E-state index contributed by atoms with van der Waals surface area (Å²) in [6, 6.07) is 9.65. The molecule has 1 N–H and O–H groups in total. The molecule has 1 atom stereocenters. The van der Waals surface area contributed by atoms with E-state index >= 15 is 0 Å². The molecule has 2 aromatic carbocycles. The lowest BCUT2D eigenvalue weighted by Crippen LogP contribution is -2.21. The van der Waals surface area contributed by atoms with E-state index in [1.165, 1.54) is 19.2 Å². The number of halogens is 1. The molecule has 0 radical (unpaired) electrons. The minimum absolute atomic E-state index is 0.165. The zero-order chi connectivity index (χ0) is 18.0. The molecule has 0 aromatic heterocycles. The quantitative estimate of drug-likeness (QED) is 0.902. The number of methoxy groups -OCH3 is 1. The Bertz CT molecular complexity index is 834. The molecule has 2 aromatic rings. The number of hydrogen-bond acceptors (Lipinski definition) is 4. The van der Waals surface area contributed by atoms with E-state index in [1.807, 2.05) is 0 Å². The van der Waals surface area contributed by atoms with Crippen molar-refractivity contribution >= 4 is 17.4 Å². The summed E-state index contributed by atoms with van der Waals surface area (Å²) in [6.07, 6.45) is 0.250. The number of hydrogen-bond donors (Lipinski definition) is 1. The highest BCUT2D eigenvalue weighted by Crippen LogP contribution is 2.39. The van der Waals surface area contributed by atoms with Crippen molar-refractivity contribution < 1.29 is 23.5 Å². The van der Waals surface area contributed by atoms with Gasteiger partial charge in [0.25, 0.3) is 5.91 Å². The van der Waals surface area contributed by atoms with Crippen LogP contribution >= 0.6 is 0 Å². The third-order valence-electron chi connectivity index (χ3n) is 4.16. The Morgan fingerprint density at radius 1 is 1.24 bits per heavy atom. The molecule has 0 aliphatic heterocycles. The number of fused-ring (bicyclic) bond motifs is 1. The van der Waals surface area contributed by atoms with Gasteiger partial charge in [-0.25, -0.2) is 4.39 Å². The maximum absolute atomic E-state index is 14.0. The number of carbonyl (C=O) groups excluding carboxylic acids is 2. The molecule has 0 saturated heterocycles. The van der Waals surface area contributed by atoms with Gasteiger partial charge in [-0.2, -0.15) is 0 Å². The Labute approximate surface area is 144 Å². The number of amides is 1. The Balaban J connectivity index is 1.72. The molecule has 3 rings (SSSR count). The Morgan fingerprint density at radius 3 is 2.76 bits per heavy atom. The second-order valence-electron chi connectivity index (χ2n) is 5.90. The molecular formula is C19H18FNO4. The standard InChI is InChI=1S/C19H18FNO4/c1-11-9-14(22)19-16(8-7-12(20)18(11)19)25-10-17(23)21-13-5-3-4-6-15(13)24-2/h3-8,11H,9-10H2,1-2H3,(H,21,23)/t11-/m0/s1. The smallest absolute Gasteiger partial charge is 0.262 e. The zero-order valence-electron chi connectivity index (χ0n) is 14.0. The molecule has 0 bridgehead atoms. The van der Waals surface area contributed by atoms with Gasteiger partial charge in [0.2, 0.25) is 0 Å². The van der Waals surface area contributed by atoms with Gasteiger partial charge in [-0.3, -0.25) is 9.59 Å². The molecule has 0 heterocycles. The molecule has 0 spiro atoms.